The highest BCUT2D eigenvalue weighted by Gasteiger charge is 2.09. The van der Waals surface area contributed by atoms with Gasteiger partial charge in [0.2, 0.25) is 5.88 Å². The number of thioether (sulfide) groups is 1. The van der Waals surface area contributed by atoms with Crippen LogP contribution in [-0.2, 0) is 12.2 Å². The van der Waals surface area contributed by atoms with Crippen LogP contribution in [0.15, 0.2) is 34.0 Å². The lowest BCUT2D eigenvalue weighted by atomic mass is 10.2. The minimum Gasteiger partial charge on any atom is -0.493 e. The standard InChI is InChI=1S/C13H13FN2O2S/c1-2-10-12(17)15-11(16-13(10)18)7-19-9-5-3-4-8(14)6-9/h3-6H,2,7H2,1H3,(H2,15,16,17,18). The summed E-state index contributed by atoms with van der Waals surface area (Å²) in [4.78, 5) is 18.9. The maximum absolute atomic E-state index is 13.0. The Kier molecular flexibility index (Phi) is 4.21. The fraction of sp³-hybridized carbons (Fsp3) is 0.231. The van der Waals surface area contributed by atoms with Crippen LogP contribution in [0.5, 0.6) is 5.88 Å². The molecule has 2 N–H and O–H groups in total. The summed E-state index contributed by atoms with van der Waals surface area (Å²) >= 11 is 1.33. The second-order valence-corrected chi connectivity index (χ2v) is 4.96. The van der Waals surface area contributed by atoms with E-state index in [9.17, 15) is 14.3 Å². The van der Waals surface area contributed by atoms with Crippen LogP contribution in [0.25, 0.3) is 0 Å². The van der Waals surface area contributed by atoms with Gasteiger partial charge in [0.05, 0.1) is 11.3 Å². The van der Waals surface area contributed by atoms with Crippen molar-refractivity contribution in [2.24, 2.45) is 0 Å². The first-order valence-electron chi connectivity index (χ1n) is 5.79. The first-order valence-corrected chi connectivity index (χ1v) is 6.78. The number of hydrogen-bond donors (Lipinski definition) is 2. The molecular weight excluding hydrogens is 267 g/mol. The Balaban J connectivity index is 2.14. The number of halogens is 1. The maximum Gasteiger partial charge on any atom is 0.257 e. The molecule has 0 fully saturated rings. The molecule has 1 aromatic heterocycles. The number of nitrogens with one attached hydrogen (secondary N) is 1. The van der Waals surface area contributed by atoms with Gasteiger partial charge in [-0.1, -0.05) is 13.0 Å². The highest BCUT2D eigenvalue weighted by atomic mass is 32.2. The summed E-state index contributed by atoms with van der Waals surface area (Å²) in [5, 5.41) is 9.61. The van der Waals surface area contributed by atoms with Crippen molar-refractivity contribution < 1.29 is 9.50 Å². The molecule has 0 aliphatic heterocycles. The molecule has 0 amide bonds. The van der Waals surface area contributed by atoms with Crippen molar-refractivity contribution in [3.63, 3.8) is 0 Å². The number of H-pyrrole nitrogens is 1. The molecule has 4 nitrogen and oxygen atoms in total. The number of aromatic amines is 1. The number of rotatable bonds is 4. The molecule has 100 valence electrons. The van der Waals surface area contributed by atoms with Crippen LogP contribution in [0.4, 0.5) is 4.39 Å². The zero-order chi connectivity index (χ0) is 13.8. The molecule has 2 rings (SSSR count). The van der Waals surface area contributed by atoms with Gasteiger partial charge < -0.3 is 10.1 Å². The fourth-order valence-electron chi connectivity index (χ4n) is 1.63. The maximum atomic E-state index is 13.0. The summed E-state index contributed by atoms with van der Waals surface area (Å²) in [6.07, 6.45) is 0.422. The van der Waals surface area contributed by atoms with Gasteiger partial charge in [0.1, 0.15) is 11.6 Å². The lowest BCUT2D eigenvalue weighted by Crippen LogP contribution is -2.15. The summed E-state index contributed by atoms with van der Waals surface area (Å²) in [5.41, 5.74) is -0.0515. The SMILES string of the molecule is CCc1c(O)nc(CSc2cccc(F)c2)[nH]c1=O. The van der Waals surface area contributed by atoms with E-state index in [1.165, 1.54) is 23.9 Å². The zero-order valence-corrected chi connectivity index (χ0v) is 11.1. The van der Waals surface area contributed by atoms with Gasteiger partial charge in [0.25, 0.3) is 5.56 Å². The third-order valence-corrected chi connectivity index (χ3v) is 3.57. The fourth-order valence-corrected chi connectivity index (χ4v) is 2.44. The first-order chi connectivity index (χ1) is 9.10. The molecule has 0 unspecified atom stereocenters. The molecule has 19 heavy (non-hydrogen) atoms. The molecule has 0 saturated carbocycles. The Morgan fingerprint density at radius 3 is 2.89 bits per heavy atom. The van der Waals surface area contributed by atoms with E-state index >= 15 is 0 Å². The minimum absolute atomic E-state index is 0.235. The third kappa shape index (κ3) is 3.35. The van der Waals surface area contributed by atoms with Crippen LogP contribution in [0.2, 0.25) is 0 Å². The smallest absolute Gasteiger partial charge is 0.257 e. The predicted octanol–water partition coefficient (Wildman–Crippen LogP) is 2.47. The summed E-state index contributed by atoms with van der Waals surface area (Å²) in [6.45, 7) is 1.77. The summed E-state index contributed by atoms with van der Waals surface area (Å²) < 4.78 is 13.0. The van der Waals surface area contributed by atoms with Crippen LogP contribution < -0.4 is 5.56 Å². The van der Waals surface area contributed by atoms with Crippen molar-refractivity contribution >= 4 is 11.8 Å². The highest BCUT2D eigenvalue weighted by molar-refractivity contribution is 7.98. The summed E-state index contributed by atoms with van der Waals surface area (Å²) in [6, 6.07) is 6.16. The quantitative estimate of drug-likeness (QED) is 0.844. The van der Waals surface area contributed by atoms with Gasteiger partial charge in [-0.2, -0.15) is 4.98 Å². The molecule has 0 spiro atoms. The van der Waals surface area contributed by atoms with E-state index < -0.39 is 0 Å². The number of aromatic hydroxyl groups is 1. The average molecular weight is 280 g/mol. The Bertz CT molecular complexity index is 643. The van der Waals surface area contributed by atoms with Crippen LogP contribution in [0.1, 0.15) is 18.3 Å². The monoisotopic (exact) mass is 280 g/mol. The molecular formula is C13H13FN2O2S. The molecule has 1 heterocycles. The zero-order valence-electron chi connectivity index (χ0n) is 10.3. The van der Waals surface area contributed by atoms with Crippen molar-refractivity contribution in [2.45, 2.75) is 24.0 Å². The van der Waals surface area contributed by atoms with Gasteiger partial charge in [-0.3, -0.25) is 4.79 Å². The lowest BCUT2D eigenvalue weighted by Gasteiger charge is -2.04. The highest BCUT2D eigenvalue weighted by Crippen LogP contribution is 2.22. The van der Waals surface area contributed by atoms with E-state index in [0.717, 1.165) is 4.90 Å². The molecule has 0 atom stereocenters. The molecule has 0 saturated heterocycles. The van der Waals surface area contributed by atoms with Crippen LogP contribution in [-0.4, -0.2) is 15.1 Å². The topological polar surface area (TPSA) is 66.0 Å². The molecule has 2 aromatic rings. The van der Waals surface area contributed by atoms with E-state index in [2.05, 4.69) is 9.97 Å². The van der Waals surface area contributed by atoms with Gasteiger partial charge in [-0.05, 0) is 24.6 Å². The van der Waals surface area contributed by atoms with Gasteiger partial charge >= 0.3 is 0 Å². The second-order valence-electron chi connectivity index (χ2n) is 3.91. The van der Waals surface area contributed by atoms with E-state index in [-0.39, 0.29) is 22.8 Å². The number of hydrogen-bond acceptors (Lipinski definition) is 4. The van der Waals surface area contributed by atoms with Gasteiger partial charge in [-0.25, -0.2) is 4.39 Å². The molecule has 1 aromatic carbocycles. The first kappa shape index (κ1) is 13.6. The third-order valence-electron chi connectivity index (χ3n) is 2.57. The summed E-state index contributed by atoms with van der Waals surface area (Å²) in [5.74, 6) is 0.182. The van der Waals surface area contributed by atoms with Crippen LogP contribution >= 0.6 is 11.8 Å². The number of aromatic nitrogens is 2. The minimum atomic E-state index is -0.329. The van der Waals surface area contributed by atoms with Crippen LogP contribution in [0.3, 0.4) is 0 Å². The Hall–Kier alpha value is -1.82. The largest absolute Gasteiger partial charge is 0.493 e. The Morgan fingerprint density at radius 2 is 2.26 bits per heavy atom. The van der Waals surface area contributed by atoms with Crippen molar-refractivity contribution in [3.8, 4) is 5.88 Å². The molecule has 0 radical (unpaired) electrons. The molecule has 0 aliphatic carbocycles. The van der Waals surface area contributed by atoms with Crippen molar-refractivity contribution in [1.29, 1.82) is 0 Å². The Morgan fingerprint density at radius 1 is 1.47 bits per heavy atom. The van der Waals surface area contributed by atoms with E-state index in [0.29, 0.717) is 18.0 Å². The normalized spacial score (nSPS) is 10.6. The van der Waals surface area contributed by atoms with Gasteiger partial charge in [-0.15, -0.1) is 11.8 Å². The van der Waals surface area contributed by atoms with Crippen molar-refractivity contribution in [3.05, 3.63) is 51.8 Å². The van der Waals surface area contributed by atoms with E-state index in [1.54, 1.807) is 19.1 Å². The van der Waals surface area contributed by atoms with Gasteiger partial charge in [0, 0.05) is 4.90 Å². The van der Waals surface area contributed by atoms with E-state index in [4.69, 9.17) is 0 Å². The van der Waals surface area contributed by atoms with Gasteiger partial charge in [0.15, 0.2) is 0 Å². The lowest BCUT2D eigenvalue weighted by molar-refractivity contribution is 0.441. The average Bonchev–Trinajstić information content (AvgIpc) is 2.36. The number of benzene rings is 1. The summed E-state index contributed by atoms with van der Waals surface area (Å²) in [7, 11) is 0. The van der Waals surface area contributed by atoms with E-state index in [1.807, 2.05) is 0 Å². The molecule has 0 aliphatic rings. The van der Waals surface area contributed by atoms with Crippen molar-refractivity contribution in [2.75, 3.05) is 0 Å². The van der Waals surface area contributed by atoms with Crippen LogP contribution in [0, 0.1) is 5.82 Å². The number of nitrogens with zero attached hydrogens (tertiary/aromatic N) is 1. The Labute approximate surface area is 113 Å². The molecule has 0 bridgehead atoms. The predicted molar refractivity (Wildman–Crippen MR) is 71.9 cm³/mol. The second kappa shape index (κ2) is 5.88. The van der Waals surface area contributed by atoms with Crippen molar-refractivity contribution in [1.82, 2.24) is 9.97 Å². The molecule has 6 heteroatoms.